The number of aliphatic hydroxyl groups excluding tert-OH is 1. The zero-order valence-corrected chi connectivity index (χ0v) is 11.4. The van der Waals surface area contributed by atoms with Crippen molar-refractivity contribution in [2.45, 2.75) is 37.8 Å². The van der Waals surface area contributed by atoms with Crippen molar-refractivity contribution in [3.05, 3.63) is 28.8 Å². The fourth-order valence-corrected chi connectivity index (χ4v) is 2.45. The van der Waals surface area contributed by atoms with Gasteiger partial charge in [-0.05, 0) is 25.0 Å². The third-order valence-electron chi connectivity index (χ3n) is 3.29. The molecule has 2 rings (SSSR count). The maximum Gasteiger partial charge on any atom is 0.319 e. The van der Waals surface area contributed by atoms with Gasteiger partial charge in [-0.1, -0.05) is 24.4 Å². The van der Waals surface area contributed by atoms with E-state index in [1.807, 2.05) is 0 Å². The Morgan fingerprint density at radius 1 is 1.25 bits per heavy atom. The number of rotatable bonds is 2. The Hall–Kier alpha value is -1.40. The van der Waals surface area contributed by atoms with E-state index in [4.69, 9.17) is 11.6 Å². The van der Waals surface area contributed by atoms with Crippen LogP contribution in [0, 0.1) is 11.6 Å². The lowest BCUT2D eigenvalue weighted by Crippen LogP contribution is -2.46. The van der Waals surface area contributed by atoms with E-state index in [0.29, 0.717) is 12.8 Å². The smallest absolute Gasteiger partial charge is 0.319 e. The summed E-state index contributed by atoms with van der Waals surface area (Å²) >= 11 is 5.49. The molecule has 1 saturated carbocycles. The maximum atomic E-state index is 13.5. The van der Waals surface area contributed by atoms with Crippen molar-refractivity contribution in [3.8, 4) is 0 Å². The average Bonchev–Trinajstić information content (AvgIpc) is 2.36. The monoisotopic (exact) mass is 304 g/mol. The molecule has 2 atom stereocenters. The molecule has 0 spiro atoms. The highest BCUT2D eigenvalue weighted by molar-refractivity contribution is 6.30. The van der Waals surface area contributed by atoms with Crippen molar-refractivity contribution in [3.63, 3.8) is 0 Å². The van der Waals surface area contributed by atoms with Gasteiger partial charge in [0.25, 0.3) is 0 Å². The van der Waals surface area contributed by atoms with Crippen molar-refractivity contribution in [1.29, 1.82) is 0 Å². The number of hydrogen-bond acceptors (Lipinski definition) is 2. The van der Waals surface area contributed by atoms with E-state index in [0.717, 1.165) is 25.0 Å². The second-order valence-corrected chi connectivity index (χ2v) is 5.24. The van der Waals surface area contributed by atoms with Gasteiger partial charge >= 0.3 is 6.03 Å². The molecular formula is C13H15ClF2N2O2. The molecule has 110 valence electrons. The van der Waals surface area contributed by atoms with Crippen LogP contribution in [0.1, 0.15) is 25.7 Å². The van der Waals surface area contributed by atoms with Gasteiger partial charge in [0.2, 0.25) is 0 Å². The van der Waals surface area contributed by atoms with Gasteiger partial charge in [0, 0.05) is 5.02 Å². The molecule has 0 aliphatic heterocycles. The molecule has 1 aliphatic rings. The Balaban J connectivity index is 2.01. The van der Waals surface area contributed by atoms with E-state index in [1.165, 1.54) is 0 Å². The Labute approximate surface area is 120 Å². The number of carbonyl (C=O) groups excluding carboxylic acids is 1. The van der Waals surface area contributed by atoms with Crippen LogP contribution in [0.15, 0.2) is 12.1 Å². The van der Waals surface area contributed by atoms with E-state index < -0.39 is 35.5 Å². The highest BCUT2D eigenvalue weighted by Crippen LogP contribution is 2.24. The van der Waals surface area contributed by atoms with Crippen LogP contribution >= 0.6 is 11.6 Å². The summed E-state index contributed by atoms with van der Waals surface area (Å²) in [6.45, 7) is 0. The first-order valence-electron chi connectivity index (χ1n) is 6.37. The highest BCUT2D eigenvalue weighted by Gasteiger charge is 2.25. The van der Waals surface area contributed by atoms with Crippen LogP contribution in [0.5, 0.6) is 0 Å². The van der Waals surface area contributed by atoms with Crippen molar-refractivity contribution >= 4 is 23.3 Å². The van der Waals surface area contributed by atoms with Gasteiger partial charge in [-0.2, -0.15) is 0 Å². The van der Waals surface area contributed by atoms with Crippen LogP contribution in [0.2, 0.25) is 5.02 Å². The minimum absolute atomic E-state index is 0.0892. The molecule has 1 aromatic carbocycles. The number of nitrogens with one attached hydrogen (secondary N) is 2. The first kappa shape index (κ1) is 15.0. The number of halogens is 3. The van der Waals surface area contributed by atoms with E-state index in [-0.39, 0.29) is 5.02 Å². The van der Waals surface area contributed by atoms with Gasteiger partial charge in [0.05, 0.1) is 12.1 Å². The van der Waals surface area contributed by atoms with Gasteiger partial charge in [0.1, 0.15) is 5.69 Å². The first-order valence-corrected chi connectivity index (χ1v) is 6.75. The minimum Gasteiger partial charge on any atom is -0.391 e. The summed E-state index contributed by atoms with van der Waals surface area (Å²) in [5.41, 5.74) is -0.558. The summed E-state index contributed by atoms with van der Waals surface area (Å²) in [4.78, 5) is 11.7. The Bertz CT molecular complexity index is 490. The zero-order chi connectivity index (χ0) is 14.7. The van der Waals surface area contributed by atoms with Crippen molar-refractivity contribution < 1.29 is 18.7 Å². The Kier molecular flexibility index (Phi) is 4.77. The number of benzene rings is 1. The fraction of sp³-hybridized carbons (Fsp3) is 0.462. The molecule has 1 aromatic rings. The third kappa shape index (κ3) is 3.58. The van der Waals surface area contributed by atoms with Gasteiger partial charge < -0.3 is 15.7 Å². The lowest BCUT2D eigenvalue weighted by Gasteiger charge is -2.28. The van der Waals surface area contributed by atoms with Crippen LogP contribution in [0.3, 0.4) is 0 Å². The lowest BCUT2D eigenvalue weighted by atomic mass is 9.93. The predicted molar refractivity (Wildman–Crippen MR) is 71.8 cm³/mol. The summed E-state index contributed by atoms with van der Waals surface area (Å²) in [6, 6.07) is 0.670. The predicted octanol–water partition coefficient (Wildman–Crippen LogP) is 3.04. The molecule has 0 aromatic heterocycles. The van der Waals surface area contributed by atoms with Gasteiger partial charge in [-0.15, -0.1) is 0 Å². The number of aliphatic hydroxyl groups is 1. The number of hydrogen-bond donors (Lipinski definition) is 3. The van der Waals surface area contributed by atoms with Gasteiger partial charge in [-0.3, -0.25) is 0 Å². The second-order valence-electron chi connectivity index (χ2n) is 4.80. The second kappa shape index (κ2) is 6.37. The highest BCUT2D eigenvalue weighted by atomic mass is 35.5. The maximum absolute atomic E-state index is 13.5. The molecule has 0 heterocycles. The minimum atomic E-state index is -0.950. The zero-order valence-electron chi connectivity index (χ0n) is 10.6. The van der Waals surface area contributed by atoms with E-state index in [1.54, 1.807) is 0 Å². The molecule has 4 nitrogen and oxygen atoms in total. The molecule has 1 fully saturated rings. The van der Waals surface area contributed by atoms with Gasteiger partial charge in [0.15, 0.2) is 11.6 Å². The normalized spacial score (nSPS) is 22.4. The van der Waals surface area contributed by atoms with Gasteiger partial charge in [-0.25, -0.2) is 13.6 Å². The van der Waals surface area contributed by atoms with Crippen LogP contribution < -0.4 is 10.6 Å². The molecule has 3 N–H and O–H groups in total. The number of carbonyl (C=O) groups is 1. The Morgan fingerprint density at radius 3 is 2.45 bits per heavy atom. The summed E-state index contributed by atoms with van der Waals surface area (Å²) in [5, 5.41) is 14.3. The molecule has 0 radical (unpaired) electrons. The lowest BCUT2D eigenvalue weighted by molar-refractivity contribution is 0.0955. The van der Waals surface area contributed by atoms with E-state index in [9.17, 15) is 18.7 Å². The molecule has 20 heavy (non-hydrogen) atoms. The van der Waals surface area contributed by atoms with E-state index in [2.05, 4.69) is 10.6 Å². The third-order valence-corrected chi connectivity index (χ3v) is 3.51. The quantitative estimate of drug-likeness (QED) is 0.786. The standard InChI is InChI=1S/C13H15ClF2N2O2/c14-7-5-8(15)12(9(16)6-7)18-13(20)17-10-3-1-2-4-11(10)19/h5-6,10-11,19H,1-4H2,(H2,17,18,20). The largest absolute Gasteiger partial charge is 0.391 e. The van der Waals surface area contributed by atoms with E-state index >= 15 is 0 Å². The molecule has 2 amide bonds. The van der Waals surface area contributed by atoms with Crippen molar-refractivity contribution in [2.75, 3.05) is 5.32 Å². The fourth-order valence-electron chi connectivity index (χ4n) is 2.26. The Morgan fingerprint density at radius 2 is 1.85 bits per heavy atom. The first-order chi connectivity index (χ1) is 9.47. The number of anilines is 1. The summed E-state index contributed by atoms with van der Waals surface area (Å²) in [6.07, 6.45) is 2.41. The summed E-state index contributed by atoms with van der Waals surface area (Å²) in [7, 11) is 0. The molecule has 2 unspecified atom stereocenters. The summed E-state index contributed by atoms with van der Waals surface area (Å²) < 4.78 is 27.0. The van der Waals surface area contributed by atoms with Crippen LogP contribution in [0.4, 0.5) is 19.3 Å². The van der Waals surface area contributed by atoms with Crippen LogP contribution in [-0.2, 0) is 0 Å². The van der Waals surface area contributed by atoms with Crippen LogP contribution in [-0.4, -0.2) is 23.3 Å². The van der Waals surface area contributed by atoms with Crippen LogP contribution in [0.25, 0.3) is 0 Å². The molecule has 0 saturated heterocycles. The average molecular weight is 305 g/mol. The van der Waals surface area contributed by atoms with Crippen molar-refractivity contribution in [1.82, 2.24) is 5.32 Å². The number of urea groups is 1. The molecule has 0 bridgehead atoms. The molecular weight excluding hydrogens is 290 g/mol. The molecule has 1 aliphatic carbocycles. The topological polar surface area (TPSA) is 61.4 Å². The summed E-state index contributed by atoms with van der Waals surface area (Å²) in [5.74, 6) is -1.90. The van der Waals surface area contributed by atoms with Crippen molar-refractivity contribution in [2.24, 2.45) is 0 Å². The molecule has 7 heteroatoms. The SMILES string of the molecule is O=C(Nc1c(F)cc(Cl)cc1F)NC1CCCCC1O. The number of amides is 2.